The van der Waals surface area contributed by atoms with Crippen molar-refractivity contribution in [1.29, 1.82) is 0 Å². The average Bonchev–Trinajstić information content (AvgIpc) is 2.86. The van der Waals surface area contributed by atoms with Crippen molar-refractivity contribution < 1.29 is 9.53 Å². The Hall–Kier alpha value is -1.51. The molecular formula is C14H19NO2. The Bertz CT molecular complexity index is 364. The fourth-order valence-corrected chi connectivity index (χ4v) is 2.14. The van der Waals surface area contributed by atoms with E-state index in [1.54, 1.807) is 0 Å². The number of ether oxygens (including phenoxy) is 1. The number of rotatable bonds is 3. The summed E-state index contributed by atoms with van der Waals surface area (Å²) in [6.07, 6.45) is 2.07. The zero-order chi connectivity index (χ0) is 12.1. The van der Waals surface area contributed by atoms with Crippen LogP contribution in [0.1, 0.15) is 25.3 Å². The Labute approximate surface area is 102 Å². The number of carbonyl (C=O) groups is 1. The molecule has 1 atom stereocenters. The highest BCUT2D eigenvalue weighted by molar-refractivity contribution is 5.67. The molecule has 1 aromatic carbocycles. The molecule has 0 radical (unpaired) electrons. The Morgan fingerprint density at radius 1 is 1.41 bits per heavy atom. The molecule has 0 spiro atoms. The fraction of sp³-hybridized carbons (Fsp3) is 0.500. The van der Waals surface area contributed by atoms with Gasteiger partial charge in [-0.15, -0.1) is 0 Å². The smallest absolute Gasteiger partial charge is 0.410 e. The zero-order valence-electron chi connectivity index (χ0n) is 10.3. The summed E-state index contributed by atoms with van der Waals surface area (Å²) >= 11 is 0. The predicted molar refractivity (Wildman–Crippen MR) is 66.6 cm³/mol. The van der Waals surface area contributed by atoms with Crippen LogP contribution in [0.4, 0.5) is 4.79 Å². The van der Waals surface area contributed by atoms with Gasteiger partial charge in [0, 0.05) is 13.1 Å². The number of carbonyl (C=O) groups excluding carboxylic acids is 1. The summed E-state index contributed by atoms with van der Waals surface area (Å²) in [5.41, 5.74) is 1.03. The van der Waals surface area contributed by atoms with Crippen molar-refractivity contribution in [1.82, 2.24) is 4.90 Å². The third-order valence-corrected chi connectivity index (χ3v) is 3.33. The van der Waals surface area contributed by atoms with E-state index in [9.17, 15) is 4.79 Å². The lowest BCUT2D eigenvalue weighted by molar-refractivity contribution is 0.103. The monoisotopic (exact) mass is 233 g/mol. The molecule has 0 N–H and O–H groups in total. The molecule has 1 saturated heterocycles. The van der Waals surface area contributed by atoms with Gasteiger partial charge in [0.25, 0.3) is 0 Å². The van der Waals surface area contributed by atoms with Crippen molar-refractivity contribution >= 4 is 6.09 Å². The minimum Gasteiger partial charge on any atom is -0.445 e. The summed E-state index contributed by atoms with van der Waals surface area (Å²) in [7, 11) is 0. The van der Waals surface area contributed by atoms with Crippen molar-refractivity contribution in [2.75, 3.05) is 13.1 Å². The number of hydrogen-bond acceptors (Lipinski definition) is 2. The lowest BCUT2D eigenvalue weighted by Gasteiger charge is -2.16. The molecule has 1 amide bonds. The minimum absolute atomic E-state index is 0.176. The van der Waals surface area contributed by atoms with Crippen LogP contribution in [0.2, 0.25) is 0 Å². The van der Waals surface area contributed by atoms with Crippen LogP contribution in [0.3, 0.4) is 0 Å². The minimum atomic E-state index is -0.176. The molecule has 1 heterocycles. The third-order valence-electron chi connectivity index (χ3n) is 3.33. The van der Waals surface area contributed by atoms with Crippen LogP contribution in [-0.4, -0.2) is 24.1 Å². The van der Waals surface area contributed by atoms with Gasteiger partial charge >= 0.3 is 6.09 Å². The maximum Gasteiger partial charge on any atom is 0.410 e. The van der Waals surface area contributed by atoms with Crippen LogP contribution in [0, 0.1) is 5.92 Å². The molecule has 0 saturated carbocycles. The molecule has 3 heteroatoms. The van der Waals surface area contributed by atoms with E-state index in [0.717, 1.165) is 31.5 Å². The quantitative estimate of drug-likeness (QED) is 0.803. The third kappa shape index (κ3) is 3.22. The SMILES string of the molecule is CC[C@H]1CCN(C(=O)OCc2ccccc2)C1. The Kier molecular flexibility index (Phi) is 4.02. The first-order valence-electron chi connectivity index (χ1n) is 6.25. The Morgan fingerprint density at radius 2 is 2.18 bits per heavy atom. The summed E-state index contributed by atoms with van der Waals surface area (Å²) < 4.78 is 5.29. The standard InChI is InChI=1S/C14H19NO2/c1-2-12-8-9-15(10-12)14(16)17-11-13-6-4-3-5-7-13/h3-7,12H,2,8-11H2,1H3/t12-/m0/s1. The Balaban J connectivity index is 1.78. The number of nitrogens with zero attached hydrogens (tertiary/aromatic N) is 1. The molecular weight excluding hydrogens is 214 g/mol. The average molecular weight is 233 g/mol. The molecule has 17 heavy (non-hydrogen) atoms. The molecule has 1 aromatic rings. The van der Waals surface area contributed by atoms with Gasteiger partial charge in [0.2, 0.25) is 0 Å². The van der Waals surface area contributed by atoms with E-state index in [1.807, 2.05) is 35.2 Å². The molecule has 1 fully saturated rings. The van der Waals surface area contributed by atoms with E-state index in [-0.39, 0.29) is 6.09 Å². The normalized spacial score (nSPS) is 19.4. The highest BCUT2D eigenvalue weighted by atomic mass is 16.6. The van der Waals surface area contributed by atoms with E-state index in [2.05, 4.69) is 6.92 Å². The van der Waals surface area contributed by atoms with Gasteiger partial charge in [-0.3, -0.25) is 0 Å². The molecule has 1 aliphatic heterocycles. The van der Waals surface area contributed by atoms with E-state index >= 15 is 0 Å². The van der Waals surface area contributed by atoms with Gasteiger partial charge in [-0.05, 0) is 17.9 Å². The van der Waals surface area contributed by atoms with E-state index in [4.69, 9.17) is 4.74 Å². The van der Waals surface area contributed by atoms with E-state index in [0.29, 0.717) is 12.5 Å². The molecule has 92 valence electrons. The van der Waals surface area contributed by atoms with Crippen LogP contribution in [0.15, 0.2) is 30.3 Å². The summed E-state index contributed by atoms with van der Waals surface area (Å²) in [6.45, 7) is 4.23. The second kappa shape index (κ2) is 5.71. The van der Waals surface area contributed by atoms with E-state index in [1.165, 1.54) is 0 Å². The van der Waals surface area contributed by atoms with Crippen LogP contribution in [-0.2, 0) is 11.3 Å². The number of likely N-dealkylation sites (tertiary alicyclic amines) is 1. The molecule has 0 aromatic heterocycles. The van der Waals surface area contributed by atoms with Gasteiger partial charge in [-0.25, -0.2) is 4.79 Å². The van der Waals surface area contributed by atoms with Crippen LogP contribution >= 0.6 is 0 Å². The highest BCUT2D eigenvalue weighted by Gasteiger charge is 2.25. The predicted octanol–water partition coefficient (Wildman–Crippen LogP) is 3.06. The molecule has 0 aliphatic carbocycles. The molecule has 3 nitrogen and oxygen atoms in total. The van der Waals surface area contributed by atoms with Gasteiger partial charge in [0.15, 0.2) is 0 Å². The zero-order valence-corrected chi connectivity index (χ0v) is 10.3. The van der Waals surface area contributed by atoms with Crippen LogP contribution in [0.5, 0.6) is 0 Å². The van der Waals surface area contributed by atoms with Crippen LogP contribution < -0.4 is 0 Å². The summed E-state index contributed by atoms with van der Waals surface area (Å²) in [5, 5.41) is 0. The van der Waals surface area contributed by atoms with Crippen LogP contribution in [0.25, 0.3) is 0 Å². The Morgan fingerprint density at radius 3 is 2.82 bits per heavy atom. The number of hydrogen-bond donors (Lipinski definition) is 0. The maximum atomic E-state index is 11.8. The molecule has 0 unspecified atom stereocenters. The first-order chi connectivity index (χ1) is 8.29. The maximum absolute atomic E-state index is 11.8. The second-order valence-corrected chi connectivity index (χ2v) is 4.55. The first-order valence-corrected chi connectivity index (χ1v) is 6.25. The summed E-state index contributed by atoms with van der Waals surface area (Å²) in [5.74, 6) is 0.652. The lowest BCUT2D eigenvalue weighted by Crippen LogP contribution is -2.29. The summed E-state index contributed by atoms with van der Waals surface area (Å²) in [4.78, 5) is 13.6. The fourth-order valence-electron chi connectivity index (χ4n) is 2.14. The number of amides is 1. The topological polar surface area (TPSA) is 29.5 Å². The van der Waals surface area contributed by atoms with Crippen molar-refractivity contribution in [2.45, 2.75) is 26.4 Å². The van der Waals surface area contributed by atoms with Gasteiger partial charge < -0.3 is 9.64 Å². The van der Waals surface area contributed by atoms with Gasteiger partial charge in [0.05, 0.1) is 0 Å². The lowest BCUT2D eigenvalue weighted by atomic mass is 10.1. The largest absolute Gasteiger partial charge is 0.445 e. The second-order valence-electron chi connectivity index (χ2n) is 4.55. The molecule has 2 rings (SSSR count). The van der Waals surface area contributed by atoms with Crippen molar-refractivity contribution in [3.8, 4) is 0 Å². The number of benzene rings is 1. The summed E-state index contributed by atoms with van der Waals surface area (Å²) in [6, 6.07) is 9.79. The van der Waals surface area contributed by atoms with Crippen molar-refractivity contribution in [3.63, 3.8) is 0 Å². The van der Waals surface area contributed by atoms with Gasteiger partial charge in [0.1, 0.15) is 6.61 Å². The van der Waals surface area contributed by atoms with Gasteiger partial charge in [-0.1, -0.05) is 43.7 Å². The molecule has 1 aliphatic rings. The van der Waals surface area contributed by atoms with Crippen molar-refractivity contribution in [2.24, 2.45) is 5.92 Å². The highest BCUT2D eigenvalue weighted by Crippen LogP contribution is 2.19. The molecule has 0 bridgehead atoms. The first kappa shape index (κ1) is 12.0. The van der Waals surface area contributed by atoms with Gasteiger partial charge in [-0.2, -0.15) is 0 Å². The van der Waals surface area contributed by atoms with Crippen molar-refractivity contribution in [3.05, 3.63) is 35.9 Å². The van der Waals surface area contributed by atoms with E-state index < -0.39 is 0 Å².